The van der Waals surface area contributed by atoms with Gasteiger partial charge >= 0.3 is 5.69 Å². The summed E-state index contributed by atoms with van der Waals surface area (Å²) in [6, 6.07) is 11.1. The molecule has 7 nitrogen and oxygen atoms in total. The van der Waals surface area contributed by atoms with Crippen LogP contribution in [0.4, 0.5) is 5.69 Å². The Bertz CT molecular complexity index is 760. The van der Waals surface area contributed by atoms with Crippen molar-refractivity contribution in [1.82, 2.24) is 5.32 Å². The van der Waals surface area contributed by atoms with Gasteiger partial charge in [-0.05, 0) is 25.1 Å². The van der Waals surface area contributed by atoms with E-state index in [-0.39, 0.29) is 23.0 Å². The van der Waals surface area contributed by atoms with Crippen molar-refractivity contribution in [3.05, 3.63) is 63.7 Å². The summed E-state index contributed by atoms with van der Waals surface area (Å²) in [4.78, 5) is 22.9. The maximum atomic E-state index is 12.4. The Balaban J connectivity index is 2.23. The second-order valence-corrected chi connectivity index (χ2v) is 5.08. The summed E-state index contributed by atoms with van der Waals surface area (Å²) in [5, 5.41) is 13.9. The number of methoxy groups -OCH3 is 2. The van der Waals surface area contributed by atoms with Crippen molar-refractivity contribution < 1.29 is 19.2 Å². The predicted octanol–water partition coefficient (Wildman–Crippen LogP) is 3.10. The van der Waals surface area contributed by atoms with E-state index in [9.17, 15) is 14.9 Å². The van der Waals surface area contributed by atoms with Gasteiger partial charge in [-0.25, -0.2) is 0 Å². The summed E-state index contributed by atoms with van der Waals surface area (Å²) in [5.74, 6) is 0.347. The molecule has 24 heavy (non-hydrogen) atoms. The molecule has 0 unspecified atom stereocenters. The summed E-state index contributed by atoms with van der Waals surface area (Å²) in [7, 11) is 2.89. The molecule has 1 N–H and O–H groups in total. The van der Waals surface area contributed by atoms with E-state index in [4.69, 9.17) is 9.47 Å². The Kier molecular flexibility index (Phi) is 5.36. The van der Waals surface area contributed by atoms with Crippen molar-refractivity contribution >= 4 is 11.6 Å². The molecule has 0 saturated carbocycles. The first-order valence-corrected chi connectivity index (χ1v) is 7.24. The van der Waals surface area contributed by atoms with Gasteiger partial charge in [-0.2, -0.15) is 0 Å². The van der Waals surface area contributed by atoms with Crippen molar-refractivity contribution in [1.29, 1.82) is 0 Å². The predicted molar refractivity (Wildman–Crippen MR) is 88.5 cm³/mol. The van der Waals surface area contributed by atoms with Gasteiger partial charge in [-0.3, -0.25) is 14.9 Å². The summed E-state index contributed by atoms with van der Waals surface area (Å²) >= 11 is 0. The van der Waals surface area contributed by atoms with Crippen LogP contribution in [0.15, 0.2) is 42.5 Å². The fourth-order valence-corrected chi connectivity index (χ4v) is 2.36. The first kappa shape index (κ1) is 17.3. The number of carbonyl (C=O) groups is 1. The summed E-state index contributed by atoms with van der Waals surface area (Å²) < 4.78 is 10.2. The van der Waals surface area contributed by atoms with Crippen LogP contribution in [0.2, 0.25) is 0 Å². The number of hydrogen-bond acceptors (Lipinski definition) is 5. The molecule has 0 bridgehead atoms. The highest BCUT2D eigenvalue weighted by atomic mass is 16.6. The second kappa shape index (κ2) is 7.45. The van der Waals surface area contributed by atoms with E-state index in [2.05, 4.69) is 5.32 Å². The zero-order chi connectivity index (χ0) is 17.7. The number of hydrogen-bond donors (Lipinski definition) is 1. The molecule has 0 aromatic heterocycles. The lowest BCUT2D eigenvalue weighted by atomic mass is 10.1. The van der Waals surface area contributed by atoms with Crippen molar-refractivity contribution in [2.75, 3.05) is 14.2 Å². The molecule has 2 aromatic rings. The van der Waals surface area contributed by atoms with Gasteiger partial charge in [-0.15, -0.1) is 0 Å². The minimum Gasteiger partial charge on any atom is -0.496 e. The highest BCUT2D eigenvalue weighted by Gasteiger charge is 2.20. The van der Waals surface area contributed by atoms with Crippen LogP contribution in [-0.4, -0.2) is 25.1 Å². The Morgan fingerprint density at radius 1 is 1.12 bits per heavy atom. The number of benzene rings is 2. The normalized spacial score (nSPS) is 11.5. The average molecular weight is 330 g/mol. The average Bonchev–Trinajstić information content (AvgIpc) is 2.60. The van der Waals surface area contributed by atoms with Crippen LogP contribution in [0.1, 0.15) is 28.9 Å². The SMILES string of the molecule is COc1ccccc1[C@H](C)NC(=O)c1ccc(OC)c([N+](=O)[O-])c1. The molecule has 126 valence electrons. The molecule has 0 aliphatic carbocycles. The minimum atomic E-state index is -0.584. The largest absolute Gasteiger partial charge is 0.496 e. The van der Waals surface area contributed by atoms with Crippen LogP contribution in [0, 0.1) is 10.1 Å². The van der Waals surface area contributed by atoms with E-state index >= 15 is 0 Å². The Labute approximate surface area is 139 Å². The maximum Gasteiger partial charge on any atom is 0.311 e. The lowest BCUT2D eigenvalue weighted by molar-refractivity contribution is -0.385. The quantitative estimate of drug-likeness (QED) is 0.649. The maximum absolute atomic E-state index is 12.4. The van der Waals surface area contributed by atoms with E-state index in [1.807, 2.05) is 25.1 Å². The second-order valence-electron chi connectivity index (χ2n) is 5.08. The summed E-state index contributed by atoms with van der Waals surface area (Å²) in [5.41, 5.74) is 0.746. The third-order valence-electron chi connectivity index (χ3n) is 3.59. The molecule has 2 aromatic carbocycles. The molecule has 0 fully saturated rings. The first-order valence-electron chi connectivity index (χ1n) is 7.24. The van der Waals surface area contributed by atoms with Crippen molar-refractivity contribution in [3.8, 4) is 11.5 Å². The van der Waals surface area contributed by atoms with Gasteiger partial charge in [-0.1, -0.05) is 18.2 Å². The first-order chi connectivity index (χ1) is 11.5. The van der Waals surface area contributed by atoms with E-state index in [1.54, 1.807) is 13.2 Å². The van der Waals surface area contributed by atoms with Gasteiger partial charge in [0.15, 0.2) is 5.75 Å². The molecule has 2 rings (SSSR count). The fraction of sp³-hybridized carbons (Fsp3) is 0.235. The van der Waals surface area contributed by atoms with Gasteiger partial charge in [0.2, 0.25) is 0 Å². The highest BCUT2D eigenvalue weighted by Crippen LogP contribution is 2.28. The van der Waals surface area contributed by atoms with Crippen molar-refractivity contribution in [3.63, 3.8) is 0 Å². The number of nitrogens with one attached hydrogen (secondary N) is 1. The smallest absolute Gasteiger partial charge is 0.311 e. The van der Waals surface area contributed by atoms with E-state index in [0.717, 1.165) is 5.56 Å². The van der Waals surface area contributed by atoms with Crippen LogP contribution < -0.4 is 14.8 Å². The van der Waals surface area contributed by atoms with Crippen molar-refractivity contribution in [2.45, 2.75) is 13.0 Å². The Morgan fingerprint density at radius 2 is 1.79 bits per heavy atom. The van der Waals surface area contributed by atoms with E-state index < -0.39 is 10.8 Å². The number of nitro benzene ring substituents is 1. The summed E-state index contributed by atoms with van der Waals surface area (Å²) in [6.45, 7) is 1.81. The molecule has 0 aliphatic heterocycles. The number of rotatable bonds is 6. The molecule has 0 aliphatic rings. The monoisotopic (exact) mass is 330 g/mol. The van der Waals surface area contributed by atoms with Gasteiger partial charge in [0, 0.05) is 17.2 Å². The molecule has 7 heteroatoms. The van der Waals surface area contributed by atoms with Gasteiger partial charge in [0.1, 0.15) is 5.75 Å². The van der Waals surface area contributed by atoms with Crippen LogP contribution in [-0.2, 0) is 0 Å². The lowest BCUT2D eigenvalue weighted by Gasteiger charge is -2.17. The zero-order valence-corrected chi connectivity index (χ0v) is 13.6. The molecular weight excluding hydrogens is 312 g/mol. The zero-order valence-electron chi connectivity index (χ0n) is 13.6. The number of ether oxygens (including phenoxy) is 2. The van der Waals surface area contributed by atoms with E-state index in [0.29, 0.717) is 5.75 Å². The van der Waals surface area contributed by atoms with Gasteiger partial charge in [0.25, 0.3) is 5.91 Å². The molecule has 0 radical (unpaired) electrons. The molecular formula is C17H18N2O5. The van der Waals surface area contributed by atoms with E-state index in [1.165, 1.54) is 25.3 Å². The number of para-hydroxylation sites is 1. The number of nitrogens with zero attached hydrogens (tertiary/aromatic N) is 1. The fourth-order valence-electron chi connectivity index (χ4n) is 2.36. The Hall–Kier alpha value is -3.09. The van der Waals surface area contributed by atoms with Crippen LogP contribution in [0.5, 0.6) is 11.5 Å². The molecule has 0 spiro atoms. The summed E-state index contributed by atoms with van der Waals surface area (Å²) in [6.07, 6.45) is 0. The molecule has 0 heterocycles. The third kappa shape index (κ3) is 3.62. The standard InChI is InChI=1S/C17H18N2O5/c1-11(13-6-4-5-7-15(13)23-2)18-17(20)12-8-9-16(24-3)14(10-12)19(21)22/h4-11H,1-3H3,(H,18,20)/t11-/m0/s1. The number of nitro groups is 1. The topological polar surface area (TPSA) is 90.7 Å². The number of carbonyl (C=O) groups excluding carboxylic acids is 1. The van der Waals surface area contributed by atoms with Crippen LogP contribution in [0.3, 0.4) is 0 Å². The minimum absolute atomic E-state index is 0.106. The molecule has 1 amide bonds. The van der Waals surface area contributed by atoms with Gasteiger partial charge in [0.05, 0.1) is 25.2 Å². The van der Waals surface area contributed by atoms with Gasteiger partial charge < -0.3 is 14.8 Å². The molecule has 1 atom stereocenters. The molecule has 0 saturated heterocycles. The van der Waals surface area contributed by atoms with Crippen molar-refractivity contribution in [2.24, 2.45) is 0 Å². The van der Waals surface area contributed by atoms with Crippen LogP contribution >= 0.6 is 0 Å². The van der Waals surface area contributed by atoms with Crippen LogP contribution in [0.25, 0.3) is 0 Å². The Morgan fingerprint density at radius 3 is 2.42 bits per heavy atom. The third-order valence-corrected chi connectivity index (χ3v) is 3.59. The number of amides is 1. The highest BCUT2D eigenvalue weighted by molar-refractivity contribution is 5.95. The lowest BCUT2D eigenvalue weighted by Crippen LogP contribution is -2.27.